The molecule has 2 nitrogen and oxygen atoms in total. The molecule has 3 rings (SSSR count). The first-order valence-corrected chi connectivity index (χ1v) is 7.39. The molecule has 1 heterocycles. The number of nitrogens with zero attached hydrogens (tertiary/aromatic N) is 1. The van der Waals surface area contributed by atoms with E-state index in [-0.39, 0.29) is 0 Å². The molecule has 0 saturated heterocycles. The smallest absolute Gasteiger partial charge is 0.180 e. The molecule has 1 aromatic carbocycles. The summed E-state index contributed by atoms with van der Waals surface area (Å²) in [7, 11) is 0. The fraction of sp³-hybridized carbons (Fsp3) is 0.308. The highest BCUT2D eigenvalue weighted by Gasteiger charge is 2.29. The van der Waals surface area contributed by atoms with Crippen LogP contribution in [0.5, 0.6) is 0 Å². The van der Waals surface area contributed by atoms with E-state index < -0.39 is 0 Å². The number of benzene rings is 1. The van der Waals surface area contributed by atoms with Crippen molar-refractivity contribution in [2.75, 3.05) is 5.73 Å². The van der Waals surface area contributed by atoms with Gasteiger partial charge in [-0.15, -0.1) is 11.3 Å². The number of anilines is 1. The Morgan fingerprint density at radius 1 is 1.33 bits per heavy atom. The summed E-state index contributed by atoms with van der Waals surface area (Å²) in [5.74, 6) is 0.603. The van der Waals surface area contributed by atoms with Crippen LogP contribution in [0.4, 0.5) is 5.13 Å². The molecule has 0 spiro atoms. The lowest BCUT2D eigenvalue weighted by molar-refractivity contribution is 1.01. The molecule has 0 radical (unpaired) electrons. The number of hydrogen-bond donors (Lipinski definition) is 1. The van der Waals surface area contributed by atoms with Crippen molar-refractivity contribution in [3.63, 3.8) is 0 Å². The monoisotopic (exact) mass is 298 g/mol. The number of aromatic nitrogens is 1. The predicted molar refractivity (Wildman–Crippen MR) is 77.8 cm³/mol. The van der Waals surface area contributed by atoms with Gasteiger partial charge in [-0.25, -0.2) is 4.98 Å². The molecular formula is C13H12Cl2N2S. The molecule has 0 aliphatic heterocycles. The quantitative estimate of drug-likeness (QED) is 0.906. The number of halogens is 2. The summed E-state index contributed by atoms with van der Waals surface area (Å²) in [6.07, 6.45) is 3.21. The molecule has 0 atom stereocenters. The molecule has 1 fully saturated rings. The van der Waals surface area contributed by atoms with Gasteiger partial charge in [0.15, 0.2) is 5.13 Å². The second kappa shape index (κ2) is 4.72. The molecule has 2 aromatic rings. The zero-order valence-electron chi connectivity index (χ0n) is 9.62. The maximum absolute atomic E-state index is 6.19. The number of hydrogen-bond acceptors (Lipinski definition) is 3. The van der Waals surface area contributed by atoms with Gasteiger partial charge in [0.25, 0.3) is 0 Å². The fourth-order valence-corrected chi connectivity index (χ4v) is 3.36. The van der Waals surface area contributed by atoms with Crippen molar-refractivity contribution >= 4 is 39.7 Å². The Bertz CT molecular complexity index is 591. The Morgan fingerprint density at radius 2 is 2.11 bits per heavy atom. The Kier molecular flexibility index (Phi) is 3.22. The van der Waals surface area contributed by atoms with Crippen molar-refractivity contribution in [1.29, 1.82) is 0 Å². The van der Waals surface area contributed by atoms with Crippen LogP contribution in [0.3, 0.4) is 0 Å². The van der Waals surface area contributed by atoms with Gasteiger partial charge in [0, 0.05) is 27.3 Å². The van der Waals surface area contributed by atoms with Crippen LogP contribution in [0.1, 0.15) is 34.9 Å². The Labute approximate surface area is 120 Å². The summed E-state index contributed by atoms with van der Waals surface area (Å²) >= 11 is 13.8. The largest absolute Gasteiger partial charge is 0.375 e. The van der Waals surface area contributed by atoms with Gasteiger partial charge in [-0.05, 0) is 36.6 Å². The van der Waals surface area contributed by atoms with E-state index in [0.29, 0.717) is 16.1 Å². The Hall–Kier alpha value is -0.770. The van der Waals surface area contributed by atoms with Crippen LogP contribution in [0.15, 0.2) is 18.2 Å². The summed E-state index contributed by atoms with van der Waals surface area (Å²) in [5.41, 5.74) is 8.01. The van der Waals surface area contributed by atoms with Crippen LogP contribution in [0, 0.1) is 0 Å². The fourth-order valence-electron chi connectivity index (χ4n) is 2.04. The number of nitrogen functional groups attached to an aromatic ring is 1. The molecule has 1 aromatic heterocycles. The van der Waals surface area contributed by atoms with Gasteiger partial charge < -0.3 is 5.73 Å². The lowest BCUT2D eigenvalue weighted by atomic mass is 10.1. The van der Waals surface area contributed by atoms with Crippen molar-refractivity contribution in [2.45, 2.75) is 25.2 Å². The normalized spacial score (nSPS) is 15.0. The molecule has 0 bridgehead atoms. The molecule has 0 unspecified atom stereocenters. The second-order valence-corrected chi connectivity index (χ2v) is 6.51. The SMILES string of the molecule is Nc1nc(C2CC2)c(Cc2cc(Cl)ccc2Cl)s1. The highest BCUT2D eigenvalue weighted by Crippen LogP contribution is 2.44. The van der Waals surface area contributed by atoms with Gasteiger partial charge >= 0.3 is 0 Å². The van der Waals surface area contributed by atoms with E-state index in [1.54, 1.807) is 17.4 Å². The standard InChI is InChI=1S/C13H12Cl2N2S/c14-9-3-4-10(15)8(5-9)6-11-12(7-1-2-7)17-13(16)18-11/h3-5,7H,1-2,6H2,(H2,16,17). The molecule has 1 saturated carbocycles. The molecule has 5 heteroatoms. The van der Waals surface area contributed by atoms with E-state index in [0.717, 1.165) is 22.7 Å². The van der Waals surface area contributed by atoms with Crippen molar-refractivity contribution in [1.82, 2.24) is 4.98 Å². The van der Waals surface area contributed by atoms with E-state index >= 15 is 0 Å². The van der Waals surface area contributed by atoms with Gasteiger partial charge in [-0.2, -0.15) is 0 Å². The zero-order chi connectivity index (χ0) is 12.7. The molecule has 2 N–H and O–H groups in total. The highest BCUT2D eigenvalue weighted by molar-refractivity contribution is 7.15. The van der Waals surface area contributed by atoms with Gasteiger partial charge in [-0.1, -0.05) is 23.2 Å². The second-order valence-electron chi connectivity index (χ2n) is 4.55. The molecule has 0 amide bonds. The van der Waals surface area contributed by atoms with Crippen LogP contribution in [-0.2, 0) is 6.42 Å². The first-order chi connectivity index (χ1) is 8.63. The number of rotatable bonds is 3. The van der Waals surface area contributed by atoms with E-state index in [9.17, 15) is 0 Å². The van der Waals surface area contributed by atoms with E-state index in [2.05, 4.69) is 4.98 Å². The lowest BCUT2D eigenvalue weighted by Gasteiger charge is -2.04. The third-order valence-electron chi connectivity index (χ3n) is 3.07. The maximum Gasteiger partial charge on any atom is 0.180 e. The Morgan fingerprint density at radius 3 is 2.83 bits per heavy atom. The zero-order valence-corrected chi connectivity index (χ0v) is 11.9. The molecule has 94 valence electrons. The summed E-state index contributed by atoms with van der Waals surface area (Å²) in [5, 5.41) is 2.10. The summed E-state index contributed by atoms with van der Waals surface area (Å²) in [6.45, 7) is 0. The third kappa shape index (κ3) is 2.48. The minimum Gasteiger partial charge on any atom is -0.375 e. The van der Waals surface area contributed by atoms with Gasteiger partial charge in [0.05, 0.1) is 5.69 Å². The summed E-state index contributed by atoms with van der Waals surface area (Å²) < 4.78 is 0. The van der Waals surface area contributed by atoms with Crippen LogP contribution in [-0.4, -0.2) is 4.98 Å². The topological polar surface area (TPSA) is 38.9 Å². The lowest BCUT2D eigenvalue weighted by Crippen LogP contribution is -1.92. The van der Waals surface area contributed by atoms with Crippen molar-refractivity contribution in [3.8, 4) is 0 Å². The highest BCUT2D eigenvalue weighted by atomic mass is 35.5. The van der Waals surface area contributed by atoms with E-state index in [1.165, 1.54) is 17.7 Å². The van der Waals surface area contributed by atoms with E-state index in [4.69, 9.17) is 28.9 Å². The van der Waals surface area contributed by atoms with Gasteiger partial charge in [0.1, 0.15) is 0 Å². The molecular weight excluding hydrogens is 287 g/mol. The maximum atomic E-state index is 6.19. The molecule has 1 aliphatic rings. The van der Waals surface area contributed by atoms with Crippen LogP contribution in [0.25, 0.3) is 0 Å². The molecule has 18 heavy (non-hydrogen) atoms. The van der Waals surface area contributed by atoms with Crippen LogP contribution >= 0.6 is 34.5 Å². The minimum atomic E-state index is 0.603. The van der Waals surface area contributed by atoms with E-state index in [1.807, 2.05) is 12.1 Å². The van der Waals surface area contributed by atoms with Crippen molar-refractivity contribution in [3.05, 3.63) is 44.4 Å². The van der Waals surface area contributed by atoms with Crippen molar-refractivity contribution in [2.24, 2.45) is 0 Å². The van der Waals surface area contributed by atoms with Crippen molar-refractivity contribution < 1.29 is 0 Å². The summed E-state index contributed by atoms with van der Waals surface area (Å²) in [6, 6.07) is 5.55. The number of thiazole rings is 1. The average molecular weight is 299 g/mol. The van der Waals surface area contributed by atoms with Crippen LogP contribution < -0.4 is 5.73 Å². The minimum absolute atomic E-state index is 0.603. The summed E-state index contributed by atoms with van der Waals surface area (Å²) in [4.78, 5) is 5.66. The average Bonchev–Trinajstić information content (AvgIpc) is 3.09. The molecule has 1 aliphatic carbocycles. The first kappa shape index (κ1) is 12.3. The van der Waals surface area contributed by atoms with Gasteiger partial charge in [-0.3, -0.25) is 0 Å². The Balaban J connectivity index is 1.94. The third-order valence-corrected chi connectivity index (χ3v) is 4.57. The predicted octanol–water partition coefficient (Wildman–Crippen LogP) is 4.50. The first-order valence-electron chi connectivity index (χ1n) is 5.82. The number of nitrogens with two attached hydrogens (primary N) is 1. The van der Waals surface area contributed by atoms with Gasteiger partial charge in [0.2, 0.25) is 0 Å². The van der Waals surface area contributed by atoms with Crippen LogP contribution in [0.2, 0.25) is 10.0 Å².